The van der Waals surface area contributed by atoms with Crippen molar-refractivity contribution in [2.24, 2.45) is 17.0 Å². The Kier molecular flexibility index (Phi) is 7.59. The van der Waals surface area contributed by atoms with Crippen molar-refractivity contribution >= 4 is 18.4 Å². The van der Waals surface area contributed by atoms with Gasteiger partial charge in [-0.15, -0.1) is 0 Å². The van der Waals surface area contributed by atoms with Crippen LogP contribution in [0, 0.1) is 6.92 Å². The summed E-state index contributed by atoms with van der Waals surface area (Å²) in [6.07, 6.45) is 1.74. The van der Waals surface area contributed by atoms with E-state index in [1.165, 1.54) is 0 Å². The number of benzene rings is 2. The fraction of sp³-hybridized carbons (Fsp3) is 0.241. The molecule has 0 radical (unpaired) electrons. The van der Waals surface area contributed by atoms with Crippen molar-refractivity contribution in [3.05, 3.63) is 111 Å². The second-order valence-corrected chi connectivity index (χ2v) is 8.93. The maximum absolute atomic E-state index is 13.2. The molecule has 4 aromatic rings. The molecule has 0 aliphatic carbocycles. The molecule has 7 heteroatoms. The van der Waals surface area contributed by atoms with Crippen LogP contribution in [0.3, 0.4) is 0 Å². The number of amidine groups is 1. The summed E-state index contributed by atoms with van der Waals surface area (Å²) in [4.78, 5) is 26.6. The van der Waals surface area contributed by atoms with E-state index in [2.05, 4.69) is 36.6 Å². The number of hydrogen-bond acceptors (Lipinski definition) is 4. The summed E-state index contributed by atoms with van der Waals surface area (Å²) in [6.45, 7) is 10.6. The van der Waals surface area contributed by atoms with Crippen molar-refractivity contribution in [2.75, 3.05) is 0 Å². The van der Waals surface area contributed by atoms with Gasteiger partial charge in [0.1, 0.15) is 12.4 Å². The minimum Gasteiger partial charge on any atom is -0.487 e. The standard InChI is InChI=1S/C29H31N5O2/c1-20(2)25-14-6-7-15-26(25)27(30-4)32-28-21(3)33(5)29(35)34(28)18-22-11-10-13-24(17-22)36-19-23-12-8-9-16-31-23/h6-17,20H,4,18-19H2,1-3,5H3/b32-27-. The van der Waals surface area contributed by atoms with E-state index in [0.717, 1.165) is 28.1 Å². The monoisotopic (exact) mass is 481 g/mol. The van der Waals surface area contributed by atoms with Crippen molar-refractivity contribution in [3.63, 3.8) is 0 Å². The molecule has 2 aromatic carbocycles. The highest BCUT2D eigenvalue weighted by molar-refractivity contribution is 6.04. The highest BCUT2D eigenvalue weighted by Gasteiger charge is 2.18. The normalized spacial score (nSPS) is 11.6. The molecule has 184 valence electrons. The Morgan fingerprint density at radius 3 is 2.58 bits per heavy atom. The third-order valence-corrected chi connectivity index (χ3v) is 6.14. The molecular weight excluding hydrogens is 450 g/mol. The van der Waals surface area contributed by atoms with E-state index in [4.69, 9.17) is 9.73 Å². The number of rotatable bonds is 8. The second-order valence-electron chi connectivity index (χ2n) is 8.93. The Bertz CT molecular complexity index is 1450. The van der Waals surface area contributed by atoms with Crippen LogP contribution in [0.4, 0.5) is 5.82 Å². The Balaban J connectivity index is 1.68. The zero-order valence-corrected chi connectivity index (χ0v) is 21.2. The van der Waals surface area contributed by atoms with Crippen LogP contribution >= 0.6 is 0 Å². The number of aliphatic imine (C=N–C) groups is 2. The molecule has 0 atom stereocenters. The van der Waals surface area contributed by atoms with Crippen LogP contribution in [0.1, 0.15) is 47.8 Å². The number of nitrogens with zero attached hydrogens (tertiary/aromatic N) is 5. The first kappa shape index (κ1) is 24.9. The van der Waals surface area contributed by atoms with Crippen molar-refractivity contribution in [1.82, 2.24) is 14.1 Å². The van der Waals surface area contributed by atoms with E-state index in [1.807, 2.05) is 67.6 Å². The van der Waals surface area contributed by atoms with Crippen LogP contribution in [0.2, 0.25) is 0 Å². The molecule has 0 bridgehead atoms. The molecule has 2 aromatic heterocycles. The summed E-state index contributed by atoms with van der Waals surface area (Å²) in [6, 6.07) is 21.5. The molecule has 0 aliphatic rings. The summed E-state index contributed by atoms with van der Waals surface area (Å²) in [5.41, 5.74) is 4.42. The van der Waals surface area contributed by atoms with Gasteiger partial charge in [0, 0.05) is 18.8 Å². The van der Waals surface area contributed by atoms with Crippen molar-refractivity contribution in [1.29, 1.82) is 0 Å². The lowest BCUT2D eigenvalue weighted by Gasteiger charge is -2.13. The molecule has 0 saturated carbocycles. The van der Waals surface area contributed by atoms with Crippen LogP contribution in [-0.4, -0.2) is 26.7 Å². The Labute approximate surface area is 211 Å². The second kappa shape index (κ2) is 11.0. The predicted octanol–water partition coefficient (Wildman–Crippen LogP) is 5.42. The molecular formula is C29H31N5O2. The van der Waals surface area contributed by atoms with Crippen LogP contribution < -0.4 is 10.4 Å². The Morgan fingerprint density at radius 2 is 1.86 bits per heavy atom. The van der Waals surface area contributed by atoms with Gasteiger partial charge in [-0.25, -0.2) is 14.8 Å². The quantitative estimate of drug-likeness (QED) is 0.249. The third kappa shape index (κ3) is 5.35. The molecule has 0 saturated heterocycles. The maximum Gasteiger partial charge on any atom is 0.330 e. The maximum atomic E-state index is 13.2. The highest BCUT2D eigenvalue weighted by Crippen LogP contribution is 2.25. The van der Waals surface area contributed by atoms with Gasteiger partial charge in [0.15, 0.2) is 11.7 Å². The van der Waals surface area contributed by atoms with Gasteiger partial charge >= 0.3 is 5.69 Å². The smallest absolute Gasteiger partial charge is 0.330 e. The van der Waals surface area contributed by atoms with Crippen LogP contribution in [-0.2, 0) is 20.2 Å². The van der Waals surface area contributed by atoms with Crippen LogP contribution in [0.15, 0.2) is 87.7 Å². The Hall–Kier alpha value is -4.26. The fourth-order valence-corrected chi connectivity index (χ4v) is 4.09. The first-order chi connectivity index (χ1) is 17.4. The summed E-state index contributed by atoms with van der Waals surface area (Å²) in [7, 11) is 1.75. The first-order valence-electron chi connectivity index (χ1n) is 11.9. The zero-order chi connectivity index (χ0) is 25.7. The predicted molar refractivity (Wildman–Crippen MR) is 145 cm³/mol. The van der Waals surface area contributed by atoms with Gasteiger partial charge in [0.05, 0.1) is 17.9 Å². The van der Waals surface area contributed by atoms with E-state index in [0.29, 0.717) is 36.5 Å². The topological polar surface area (TPSA) is 73.8 Å². The SMILES string of the molecule is C=N/C(=N\c1c(C)n(C)c(=O)n1Cc1cccc(OCc2ccccn2)c1)c1ccccc1C(C)C. The van der Waals surface area contributed by atoms with Crippen LogP contribution in [0.25, 0.3) is 0 Å². The molecule has 0 N–H and O–H groups in total. The first-order valence-corrected chi connectivity index (χ1v) is 11.9. The van der Waals surface area contributed by atoms with Gasteiger partial charge in [0.2, 0.25) is 0 Å². The molecule has 0 unspecified atom stereocenters. The molecule has 0 fully saturated rings. The van der Waals surface area contributed by atoms with Crippen molar-refractivity contribution < 1.29 is 4.74 Å². The fourth-order valence-electron chi connectivity index (χ4n) is 4.09. The number of hydrogen-bond donors (Lipinski definition) is 0. The average Bonchev–Trinajstić information content (AvgIpc) is 3.09. The lowest BCUT2D eigenvalue weighted by atomic mass is 9.96. The number of pyridine rings is 1. The van der Waals surface area contributed by atoms with Crippen LogP contribution in [0.5, 0.6) is 5.75 Å². The van der Waals surface area contributed by atoms with Gasteiger partial charge in [-0.3, -0.25) is 14.1 Å². The van der Waals surface area contributed by atoms with Gasteiger partial charge in [-0.05, 0) is 55.0 Å². The highest BCUT2D eigenvalue weighted by atomic mass is 16.5. The number of imidazole rings is 1. The number of aromatic nitrogens is 3. The minimum absolute atomic E-state index is 0.147. The summed E-state index contributed by atoms with van der Waals surface area (Å²) < 4.78 is 9.20. The largest absolute Gasteiger partial charge is 0.487 e. The van der Waals surface area contributed by atoms with E-state index in [-0.39, 0.29) is 5.69 Å². The lowest BCUT2D eigenvalue weighted by Crippen LogP contribution is -2.23. The molecule has 0 amide bonds. The van der Waals surface area contributed by atoms with E-state index in [1.54, 1.807) is 22.4 Å². The molecule has 7 nitrogen and oxygen atoms in total. The zero-order valence-electron chi connectivity index (χ0n) is 21.2. The molecule has 36 heavy (non-hydrogen) atoms. The third-order valence-electron chi connectivity index (χ3n) is 6.14. The van der Waals surface area contributed by atoms with Crippen molar-refractivity contribution in [2.45, 2.75) is 39.8 Å². The van der Waals surface area contributed by atoms with E-state index >= 15 is 0 Å². The minimum atomic E-state index is -0.147. The lowest BCUT2D eigenvalue weighted by molar-refractivity contribution is 0.301. The summed E-state index contributed by atoms with van der Waals surface area (Å²) in [5.74, 6) is 2.06. The molecule has 0 spiro atoms. The summed E-state index contributed by atoms with van der Waals surface area (Å²) in [5, 5.41) is 0. The Morgan fingerprint density at radius 1 is 1.08 bits per heavy atom. The van der Waals surface area contributed by atoms with Gasteiger partial charge in [-0.1, -0.05) is 56.3 Å². The number of ether oxygens (including phenoxy) is 1. The van der Waals surface area contributed by atoms with Gasteiger partial charge < -0.3 is 4.74 Å². The molecule has 4 rings (SSSR count). The van der Waals surface area contributed by atoms with E-state index < -0.39 is 0 Å². The van der Waals surface area contributed by atoms with Gasteiger partial charge in [-0.2, -0.15) is 0 Å². The summed E-state index contributed by atoms with van der Waals surface area (Å²) >= 11 is 0. The molecule has 0 aliphatic heterocycles. The van der Waals surface area contributed by atoms with Gasteiger partial charge in [0.25, 0.3) is 0 Å². The van der Waals surface area contributed by atoms with E-state index in [9.17, 15) is 4.79 Å². The van der Waals surface area contributed by atoms with Crippen molar-refractivity contribution in [3.8, 4) is 5.75 Å². The molecule has 2 heterocycles. The average molecular weight is 482 g/mol.